The Kier molecular flexibility index (Phi) is 6.22. The Morgan fingerprint density at radius 2 is 1.46 bits per heavy atom. The molecule has 0 bridgehead atoms. The molecule has 0 fully saturated rings. The van der Waals surface area contributed by atoms with Crippen molar-refractivity contribution in [3.8, 4) is 0 Å². The quantitative estimate of drug-likeness (QED) is 0.812. The fraction of sp³-hybridized carbons (Fsp3) is 0.316. The predicted octanol–water partition coefficient (Wildman–Crippen LogP) is 3.73. The lowest BCUT2D eigenvalue weighted by Gasteiger charge is -2.31. The van der Waals surface area contributed by atoms with Crippen molar-refractivity contribution in [3.63, 3.8) is 0 Å². The SMILES string of the molecule is CCOC(=O)N[C@@H](C(C)C)P(=O)(c1ccccc1)c1ccccc1. The highest BCUT2D eigenvalue weighted by atomic mass is 31.2. The highest BCUT2D eigenvalue weighted by Crippen LogP contribution is 2.50. The molecule has 0 unspecified atom stereocenters. The first-order valence-corrected chi connectivity index (χ1v) is 9.92. The first kappa shape index (κ1) is 18.3. The standard InChI is InChI=1S/C19H24NO3P/c1-4-23-19(21)20-18(15(2)3)24(22,16-11-7-5-8-12-16)17-13-9-6-10-14-17/h5-15,18H,4H2,1-3H3,(H,20,21)/t18-/m1/s1. The molecule has 2 aromatic carbocycles. The van der Waals surface area contributed by atoms with Crippen LogP contribution in [0.1, 0.15) is 20.8 Å². The van der Waals surface area contributed by atoms with Gasteiger partial charge in [0, 0.05) is 10.6 Å². The smallest absolute Gasteiger partial charge is 0.407 e. The molecule has 0 aliphatic heterocycles. The zero-order valence-corrected chi connectivity index (χ0v) is 15.2. The number of hydrogen-bond donors (Lipinski definition) is 1. The minimum Gasteiger partial charge on any atom is -0.450 e. The first-order chi connectivity index (χ1) is 11.5. The molecule has 0 saturated carbocycles. The van der Waals surface area contributed by atoms with Gasteiger partial charge in [0.2, 0.25) is 0 Å². The summed E-state index contributed by atoms with van der Waals surface area (Å²) in [5, 5.41) is 4.29. The van der Waals surface area contributed by atoms with Crippen molar-refractivity contribution in [3.05, 3.63) is 60.7 Å². The van der Waals surface area contributed by atoms with Gasteiger partial charge in [0.05, 0.1) is 12.4 Å². The minimum absolute atomic E-state index is 0.0272. The Labute approximate surface area is 143 Å². The van der Waals surface area contributed by atoms with E-state index in [1.165, 1.54) is 0 Å². The Hall–Kier alpha value is -2.06. The molecule has 5 heteroatoms. The van der Waals surface area contributed by atoms with Gasteiger partial charge in [-0.25, -0.2) is 4.79 Å². The van der Waals surface area contributed by atoms with Crippen LogP contribution in [0.15, 0.2) is 60.7 Å². The van der Waals surface area contributed by atoms with Gasteiger partial charge in [0.15, 0.2) is 7.14 Å². The number of nitrogens with one attached hydrogen (secondary N) is 1. The normalized spacial score (nSPS) is 12.7. The Balaban J connectivity index is 2.56. The Bertz CT molecular complexity index is 658. The van der Waals surface area contributed by atoms with Crippen molar-refractivity contribution in [1.82, 2.24) is 5.32 Å². The molecule has 0 radical (unpaired) electrons. The second kappa shape index (κ2) is 8.16. The third kappa shape index (κ3) is 3.88. The van der Waals surface area contributed by atoms with E-state index in [0.717, 1.165) is 10.6 Å². The molecule has 1 amide bonds. The lowest BCUT2D eigenvalue weighted by atomic mass is 10.2. The highest BCUT2D eigenvalue weighted by Gasteiger charge is 2.39. The van der Waals surface area contributed by atoms with Gasteiger partial charge in [-0.15, -0.1) is 0 Å². The molecule has 0 aliphatic carbocycles. The summed E-state index contributed by atoms with van der Waals surface area (Å²) in [6.45, 7) is 5.93. The van der Waals surface area contributed by atoms with Gasteiger partial charge in [-0.1, -0.05) is 74.5 Å². The fourth-order valence-electron chi connectivity index (χ4n) is 2.74. The van der Waals surface area contributed by atoms with Gasteiger partial charge in [-0.3, -0.25) is 0 Å². The summed E-state index contributed by atoms with van der Waals surface area (Å²) in [6.07, 6.45) is -0.539. The third-order valence-electron chi connectivity index (χ3n) is 3.84. The van der Waals surface area contributed by atoms with E-state index in [0.29, 0.717) is 0 Å². The summed E-state index contributed by atoms with van der Waals surface area (Å²) in [6, 6.07) is 18.7. The van der Waals surface area contributed by atoms with Crippen LogP contribution in [0.3, 0.4) is 0 Å². The second-order valence-corrected chi connectivity index (χ2v) is 8.79. The summed E-state index contributed by atoms with van der Waals surface area (Å²) in [4.78, 5) is 12.0. The lowest BCUT2D eigenvalue weighted by molar-refractivity contribution is 0.149. The molecule has 0 spiro atoms. The van der Waals surface area contributed by atoms with E-state index in [1.54, 1.807) is 6.92 Å². The fourth-order valence-corrected chi connectivity index (χ4v) is 6.04. The maximum atomic E-state index is 14.2. The van der Waals surface area contributed by atoms with Crippen LogP contribution in [0.25, 0.3) is 0 Å². The summed E-state index contributed by atoms with van der Waals surface area (Å²) in [5.74, 6) is -0.568. The molecule has 4 nitrogen and oxygen atoms in total. The molecule has 24 heavy (non-hydrogen) atoms. The number of carbonyl (C=O) groups excluding carboxylic acids is 1. The highest BCUT2D eigenvalue weighted by molar-refractivity contribution is 7.79. The van der Waals surface area contributed by atoms with Gasteiger partial charge in [0.1, 0.15) is 0 Å². The van der Waals surface area contributed by atoms with Gasteiger partial charge in [-0.05, 0) is 12.8 Å². The zero-order valence-electron chi connectivity index (χ0n) is 14.3. The molecular formula is C19H24NO3P. The van der Waals surface area contributed by atoms with Gasteiger partial charge < -0.3 is 14.6 Å². The number of ether oxygens (including phenoxy) is 1. The van der Waals surface area contributed by atoms with Crippen LogP contribution < -0.4 is 15.9 Å². The van der Waals surface area contributed by atoms with E-state index in [1.807, 2.05) is 74.5 Å². The topological polar surface area (TPSA) is 55.4 Å². The molecule has 128 valence electrons. The van der Waals surface area contributed by atoms with Gasteiger partial charge in [-0.2, -0.15) is 0 Å². The van der Waals surface area contributed by atoms with Crippen LogP contribution in [0, 0.1) is 5.92 Å². The second-order valence-electron chi connectivity index (χ2n) is 5.88. The van der Waals surface area contributed by atoms with Crippen molar-refractivity contribution in [2.45, 2.75) is 26.6 Å². The molecule has 1 atom stereocenters. The maximum Gasteiger partial charge on any atom is 0.407 e. The summed E-state index contributed by atoms with van der Waals surface area (Å²) in [5.41, 5.74) is 0. The maximum absolute atomic E-state index is 14.2. The number of hydrogen-bond acceptors (Lipinski definition) is 3. The van der Waals surface area contributed by atoms with Crippen LogP contribution >= 0.6 is 7.14 Å². The lowest BCUT2D eigenvalue weighted by Crippen LogP contribution is -2.43. The van der Waals surface area contributed by atoms with E-state index in [9.17, 15) is 9.36 Å². The summed E-state index contributed by atoms with van der Waals surface area (Å²) in [7, 11) is -3.08. The van der Waals surface area contributed by atoms with E-state index in [4.69, 9.17) is 4.74 Å². The Morgan fingerprint density at radius 1 is 1.00 bits per heavy atom. The molecule has 1 N–H and O–H groups in total. The van der Waals surface area contributed by atoms with Crippen LogP contribution in [0.5, 0.6) is 0 Å². The average Bonchev–Trinajstić information content (AvgIpc) is 2.60. The van der Waals surface area contributed by atoms with Gasteiger partial charge >= 0.3 is 6.09 Å². The van der Waals surface area contributed by atoms with Crippen molar-refractivity contribution in [2.75, 3.05) is 6.61 Å². The molecular weight excluding hydrogens is 321 g/mol. The van der Waals surface area contributed by atoms with Crippen LogP contribution in [-0.2, 0) is 9.30 Å². The Morgan fingerprint density at radius 3 is 1.83 bits per heavy atom. The van der Waals surface area contributed by atoms with E-state index < -0.39 is 19.0 Å². The molecule has 0 aliphatic rings. The van der Waals surface area contributed by atoms with Crippen LogP contribution in [-0.4, -0.2) is 18.5 Å². The van der Waals surface area contributed by atoms with Crippen LogP contribution in [0.4, 0.5) is 4.79 Å². The van der Waals surface area contributed by atoms with Crippen molar-refractivity contribution in [2.24, 2.45) is 5.92 Å². The van der Waals surface area contributed by atoms with Crippen molar-refractivity contribution >= 4 is 23.8 Å². The largest absolute Gasteiger partial charge is 0.450 e. The number of alkyl carbamates (subject to hydrolysis) is 1. The number of rotatable bonds is 6. The predicted molar refractivity (Wildman–Crippen MR) is 98.5 cm³/mol. The van der Waals surface area contributed by atoms with E-state index >= 15 is 0 Å². The first-order valence-electron chi connectivity index (χ1n) is 8.14. The molecule has 0 aromatic heterocycles. The number of amides is 1. The summed E-state index contributed by atoms with van der Waals surface area (Å²) < 4.78 is 19.2. The minimum atomic E-state index is -3.08. The molecule has 2 aromatic rings. The third-order valence-corrected chi connectivity index (χ3v) is 7.48. The van der Waals surface area contributed by atoms with E-state index in [2.05, 4.69) is 5.32 Å². The monoisotopic (exact) mass is 345 g/mol. The summed E-state index contributed by atoms with van der Waals surface area (Å²) >= 11 is 0. The van der Waals surface area contributed by atoms with Crippen LogP contribution in [0.2, 0.25) is 0 Å². The van der Waals surface area contributed by atoms with E-state index in [-0.39, 0.29) is 12.5 Å². The molecule has 0 heterocycles. The molecule has 2 rings (SSSR count). The number of benzene rings is 2. The van der Waals surface area contributed by atoms with Crippen molar-refractivity contribution < 1.29 is 14.1 Å². The molecule has 0 saturated heterocycles. The van der Waals surface area contributed by atoms with Crippen molar-refractivity contribution in [1.29, 1.82) is 0 Å². The zero-order chi connectivity index (χ0) is 17.6. The van der Waals surface area contributed by atoms with Gasteiger partial charge in [0.25, 0.3) is 0 Å². The average molecular weight is 345 g/mol. The number of carbonyl (C=O) groups is 1.